The highest BCUT2D eigenvalue weighted by molar-refractivity contribution is 5.85. The molecule has 2 aromatic heterocycles. The minimum absolute atomic E-state index is 0.207. The zero-order valence-electron chi connectivity index (χ0n) is 18.4. The highest BCUT2D eigenvalue weighted by Crippen LogP contribution is 2.24. The molecule has 0 aliphatic carbocycles. The fourth-order valence-electron chi connectivity index (χ4n) is 4.74. The van der Waals surface area contributed by atoms with Gasteiger partial charge in [-0.15, -0.1) is 10.2 Å². The topological polar surface area (TPSA) is 61.8 Å². The molecule has 0 saturated carbocycles. The number of rotatable bonds is 8. The third-order valence-corrected chi connectivity index (χ3v) is 6.47. The summed E-state index contributed by atoms with van der Waals surface area (Å²) in [7, 11) is 0. The quantitative estimate of drug-likeness (QED) is 0.430. The standard InChI is InChI=1S/C25H28F2N6/c26-20-3-1-2-18(10-20)4-5-23-14-28-8-9-32(23)15-21(27)11-19-13-29-25-7-6-22(12-24(19)25)33-16-30-31-17-33/h1-3,6-7,10,12-13,16-17,21,23,28-29H,4-5,8-9,11,14-15H2. The Morgan fingerprint density at radius 2 is 2.00 bits per heavy atom. The summed E-state index contributed by atoms with van der Waals surface area (Å²) in [6.07, 6.45) is 6.25. The van der Waals surface area contributed by atoms with Crippen molar-refractivity contribution in [2.45, 2.75) is 31.5 Å². The SMILES string of the molecule is Fc1cccc(CCC2CNCCN2CC(F)Cc2c[nH]c3ccc(-n4cnnc4)cc23)c1. The van der Waals surface area contributed by atoms with Gasteiger partial charge in [-0.2, -0.15) is 0 Å². The van der Waals surface area contributed by atoms with E-state index in [9.17, 15) is 4.39 Å². The Balaban J connectivity index is 1.24. The molecule has 3 heterocycles. The third-order valence-electron chi connectivity index (χ3n) is 6.47. The number of fused-ring (bicyclic) bond motifs is 1. The number of alkyl halides is 1. The minimum Gasteiger partial charge on any atom is -0.361 e. The van der Waals surface area contributed by atoms with Gasteiger partial charge in [0.15, 0.2) is 0 Å². The van der Waals surface area contributed by atoms with Crippen LogP contribution >= 0.6 is 0 Å². The van der Waals surface area contributed by atoms with Crippen molar-refractivity contribution >= 4 is 10.9 Å². The third kappa shape index (κ3) is 5.12. The van der Waals surface area contributed by atoms with Gasteiger partial charge in [0.05, 0.1) is 0 Å². The molecule has 1 aliphatic rings. The largest absolute Gasteiger partial charge is 0.361 e. The van der Waals surface area contributed by atoms with Crippen molar-refractivity contribution in [3.05, 3.63) is 78.3 Å². The highest BCUT2D eigenvalue weighted by Gasteiger charge is 2.25. The lowest BCUT2D eigenvalue weighted by Gasteiger charge is -2.37. The van der Waals surface area contributed by atoms with Crippen LogP contribution in [0.3, 0.4) is 0 Å². The number of piperazine rings is 1. The summed E-state index contributed by atoms with van der Waals surface area (Å²) >= 11 is 0. The Hall–Kier alpha value is -3.10. The first-order valence-corrected chi connectivity index (χ1v) is 11.4. The van der Waals surface area contributed by atoms with Gasteiger partial charge in [0.2, 0.25) is 0 Å². The van der Waals surface area contributed by atoms with Crippen molar-refractivity contribution < 1.29 is 8.78 Å². The van der Waals surface area contributed by atoms with E-state index in [1.165, 1.54) is 6.07 Å². The zero-order chi connectivity index (χ0) is 22.6. The van der Waals surface area contributed by atoms with E-state index in [0.717, 1.165) is 60.2 Å². The summed E-state index contributed by atoms with van der Waals surface area (Å²) in [5.74, 6) is -0.207. The van der Waals surface area contributed by atoms with Crippen molar-refractivity contribution in [2.24, 2.45) is 0 Å². The fourth-order valence-corrected chi connectivity index (χ4v) is 4.74. The molecule has 4 aromatic rings. The Morgan fingerprint density at radius 3 is 2.85 bits per heavy atom. The normalized spacial score (nSPS) is 18.1. The number of aryl methyl sites for hydroxylation is 1. The number of hydrogen-bond donors (Lipinski definition) is 2. The van der Waals surface area contributed by atoms with Crippen LogP contribution in [0, 0.1) is 5.82 Å². The summed E-state index contributed by atoms with van der Waals surface area (Å²) in [5, 5.41) is 12.2. The number of benzene rings is 2. The van der Waals surface area contributed by atoms with Gasteiger partial charge >= 0.3 is 0 Å². The second-order valence-electron chi connectivity index (χ2n) is 8.74. The van der Waals surface area contributed by atoms with E-state index in [2.05, 4.69) is 25.4 Å². The molecular formula is C25H28F2N6. The molecule has 5 rings (SSSR count). The predicted molar refractivity (Wildman–Crippen MR) is 125 cm³/mol. The van der Waals surface area contributed by atoms with E-state index in [1.807, 2.05) is 35.0 Å². The molecule has 8 heteroatoms. The minimum atomic E-state index is -0.975. The molecule has 0 bridgehead atoms. The van der Waals surface area contributed by atoms with Crippen molar-refractivity contribution in [1.29, 1.82) is 0 Å². The summed E-state index contributed by atoms with van der Waals surface area (Å²) < 4.78 is 30.6. The van der Waals surface area contributed by atoms with E-state index in [0.29, 0.717) is 13.0 Å². The van der Waals surface area contributed by atoms with Crippen LogP contribution in [0.4, 0.5) is 8.78 Å². The summed E-state index contributed by atoms with van der Waals surface area (Å²) in [6.45, 7) is 2.91. The second kappa shape index (κ2) is 9.80. The van der Waals surface area contributed by atoms with Gasteiger partial charge < -0.3 is 10.3 Å². The lowest BCUT2D eigenvalue weighted by atomic mass is 10.0. The van der Waals surface area contributed by atoms with Crippen LogP contribution in [0.1, 0.15) is 17.5 Å². The Labute approximate surface area is 191 Å². The average molecular weight is 451 g/mol. The van der Waals surface area contributed by atoms with Crippen molar-refractivity contribution in [2.75, 3.05) is 26.2 Å². The maximum Gasteiger partial charge on any atom is 0.123 e. The lowest BCUT2D eigenvalue weighted by Crippen LogP contribution is -2.53. The van der Waals surface area contributed by atoms with Crippen LogP contribution in [-0.4, -0.2) is 63.0 Å². The van der Waals surface area contributed by atoms with Crippen LogP contribution in [0.25, 0.3) is 16.6 Å². The van der Waals surface area contributed by atoms with Crippen molar-refractivity contribution in [3.8, 4) is 5.69 Å². The number of halogens is 2. The summed E-state index contributed by atoms with van der Waals surface area (Å²) in [4.78, 5) is 5.51. The molecule has 0 amide bonds. The molecule has 0 spiro atoms. The van der Waals surface area contributed by atoms with Gasteiger partial charge in [0, 0.05) is 61.4 Å². The number of H-pyrrole nitrogens is 1. The molecule has 2 N–H and O–H groups in total. The first kappa shape index (κ1) is 21.7. The van der Waals surface area contributed by atoms with E-state index >= 15 is 4.39 Å². The predicted octanol–water partition coefficient (Wildman–Crippen LogP) is 3.67. The molecule has 6 nitrogen and oxygen atoms in total. The molecule has 2 aromatic carbocycles. The van der Waals surface area contributed by atoms with Gasteiger partial charge in [0.25, 0.3) is 0 Å². The van der Waals surface area contributed by atoms with Crippen molar-refractivity contribution in [1.82, 2.24) is 30.0 Å². The monoisotopic (exact) mass is 450 g/mol. The second-order valence-corrected chi connectivity index (χ2v) is 8.74. The molecular weight excluding hydrogens is 422 g/mol. The van der Waals surface area contributed by atoms with Crippen LogP contribution in [0.15, 0.2) is 61.3 Å². The van der Waals surface area contributed by atoms with E-state index in [1.54, 1.807) is 24.8 Å². The number of nitrogens with zero attached hydrogens (tertiary/aromatic N) is 4. The van der Waals surface area contributed by atoms with Gasteiger partial charge in [-0.1, -0.05) is 12.1 Å². The molecule has 2 atom stereocenters. The lowest BCUT2D eigenvalue weighted by molar-refractivity contribution is 0.113. The fraction of sp³-hybridized carbons (Fsp3) is 0.360. The molecule has 33 heavy (non-hydrogen) atoms. The van der Waals surface area contributed by atoms with E-state index in [-0.39, 0.29) is 11.9 Å². The van der Waals surface area contributed by atoms with Crippen LogP contribution in [0.5, 0.6) is 0 Å². The van der Waals surface area contributed by atoms with Crippen molar-refractivity contribution in [3.63, 3.8) is 0 Å². The van der Waals surface area contributed by atoms with Gasteiger partial charge in [-0.25, -0.2) is 8.78 Å². The van der Waals surface area contributed by atoms with Gasteiger partial charge in [0.1, 0.15) is 24.6 Å². The smallest absolute Gasteiger partial charge is 0.123 e. The van der Waals surface area contributed by atoms with E-state index in [4.69, 9.17) is 0 Å². The number of hydrogen-bond acceptors (Lipinski definition) is 4. The molecule has 172 valence electrons. The molecule has 0 radical (unpaired) electrons. The molecule has 2 unspecified atom stereocenters. The van der Waals surface area contributed by atoms with Crippen LogP contribution in [-0.2, 0) is 12.8 Å². The molecule has 1 saturated heterocycles. The molecule has 1 fully saturated rings. The summed E-state index contributed by atoms with van der Waals surface area (Å²) in [6, 6.07) is 13.0. The number of aromatic amines is 1. The number of nitrogens with one attached hydrogen (secondary N) is 2. The Bertz CT molecular complexity index is 1190. The zero-order valence-corrected chi connectivity index (χ0v) is 18.4. The van der Waals surface area contributed by atoms with Gasteiger partial charge in [-0.3, -0.25) is 9.47 Å². The first-order chi connectivity index (χ1) is 16.2. The van der Waals surface area contributed by atoms with Crippen LogP contribution in [0.2, 0.25) is 0 Å². The van der Waals surface area contributed by atoms with Gasteiger partial charge in [-0.05, 0) is 54.3 Å². The maximum absolute atomic E-state index is 15.3. The van der Waals surface area contributed by atoms with Crippen LogP contribution < -0.4 is 5.32 Å². The summed E-state index contributed by atoms with van der Waals surface area (Å²) in [5.41, 5.74) is 3.89. The highest BCUT2D eigenvalue weighted by atomic mass is 19.1. The van der Waals surface area contributed by atoms with E-state index < -0.39 is 6.17 Å². The average Bonchev–Trinajstić information content (AvgIpc) is 3.49. The first-order valence-electron chi connectivity index (χ1n) is 11.4. The maximum atomic E-state index is 15.3. The Kier molecular flexibility index (Phi) is 6.46. The Morgan fingerprint density at radius 1 is 1.12 bits per heavy atom. The molecule has 1 aliphatic heterocycles. The number of aromatic nitrogens is 4.